The van der Waals surface area contributed by atoms with E-state index in [1.54, 1.807) is 24.3 Å². The number of hydrogen-bond acceptors (Lipinski definition) is 6. The number of rotatable bonds is 7. The topological polar surface area (TPSA) is 129 Å². The number of fused-ring (bicyclic) bond motifs is 1. The zero-order valence-electron chi connectivity index (χ0n) is 22.7. The number of benzene rings is 2. The quantitative estimate of drug-likeness (QED) is 0.394. The molecule has 1 aliphatic rings. The average molecular weight is 538 g/mol. The first-order chi connectivity index (χ1) is 18.8. The van der Waals surface area contributed by atoms with Gasteiger partial charge in [0.25, 0.3) is 5.91 Å². The van der Waals surface area contributed by atoms with E-state index >= 15 is 0 Å². The van der Waals surface area contributed by atoms with Crippen molar-refractivity contribution in [1.82, 2.24) is 26.2 Å². The van der Waals surface area contributed by atoms with Gasteiger partial charge in [-0.2, -0.15) is 0 Å². The highest BCUT2D eigenvalue weighted by atomic mass is 16.5. The van der Waals surface area contributed by atoms with Crippen LogP contribution < -0.4 is 26.0 Å². The first-order valence-electron chi connectivity index (χ1n) is 13.4. The van der Waals surface area contributed by atoms with Crippen LogP contribution in [-0.2, 0) is 20.8 Å². The Morgan fingerprint density at radius 2 is 1.77 bits per heavy atom. The number of para-hydroxylation sites is 1. The summed E-state index contributed by atoms with van der Waals surface area (Å²) < 4.78 is 5.84. The molecule has 2 aromatic carbocycles. The molecule has 4 amide bonds. The van der Waals surface area contributed by atoms with Crippen LogP contribution in [0, 0.1) is 0 Å². The molecule has 4 N–H and O–H groups in total. The molecular weight excluding hydrogens is 498 g/mol. The van der Waals surface area contributed by atoms with Crippen LogP contribution in [0.25, 0.3) is 0 Å². The SMILES string of the molecule is CN(C)CCCNC(=O)[C@@H]1CCC(=O)NC(Cc2ccccc2)C(=O)NCCCOc2ccccc2C(=O)N1. The maximum atomic E-state index is 13.2. The van der Waals surface area contributed by atoms with Gasteiger partial charge in [0.15, 0.2) is 0 Å². The number of carbonyl (C=O) groups is 4. The van der Waals surface area contributed by atoms with Crippen LogP contribution in [0.3, 0.4) is 0 Å². The molecule has 0 bridgehead atoms. The van der Waals surface area contributed by atoms with E-state index < -0.39 is 18.0 Å². The molecule has 3 rings (SSSR count). The predicted molar refractivity (Wildman–Crippen MR) is 148 cm³/mol. The Hall–Kier alpha value is -3.92. The van der Waals surface area contributed by atoms with Crippen molar-refractivity contribution in [2.75, 3.05) is 40.3 Å². The summed E-state index contributed by atoms with van der Waals surface area (Å²) in [7, 11) is 3.90. The summed E-state index contributed by atoms with van der Waals surface area (Å²) in [5, 5.41) is 11.3. The molecule has 39 heavy (non-hydrogen) atoms. The molecule has 1 unspecified atom stereocenters. The number of hydrogen-bond donors (Lipinski definition) is 4. The third kappa shape index (κ3) is 10.0. The lowest BCUT2D eigenvalue weighted by molar-refractivity contribution is -0.129. The monoisotopic (exact) mass is 537 g/mol. The largest absolute Gasteiger partial charge is 0.493 e. The molecule has 0 aliphatic carbocycles. The van der Waals surface area contributed by atoms with Gasteiger partial charge in [0.05, 0.1) is 12.2 Å². The van der Waals surface area contributed by atoms with E-state index in [-0.39, 0.29) is 37.2 Å². The Morgan fingerprint density at radius 3 is 2.54 bits per heavy atom. The summed E-state index contributed by atoms with van der Waals surface area (Å²) >= 11 is 0. The Balaban J connectivity index is 1.77. The van der Waals surface area contributed by atoms with Gasteiger partial charge in [-0.3, -0.25) is 19.2 Å². The summed E-state index contributed by atoms with van der Waals surface area (Å²) in [5.41, 5.74) is 1.21. The molecule has 0 spiro atoms. The second-order valence-electron chi connectivity index (χ2n) is 9.81. The van der Waals surface area contributed by atoms with Gasteiger partial charge in [-0.1, -0.05) is 42.5 Å². The van der Waals surface area contributed by atoms with E-state index in [1.165, 1.54) is 0 Å². The highest BCUT2D eigenvalue weighted by Gasteiger charge is 2.26. The van der Waals surface area contributed by atoms with Gasteiger partial charge >= 0.3 is 0 Å². The van der Waals surface area contributed by atoms with Crippen LogP contribution in [0.5, 0.6) is 5.75 Å². The first-order valence-corrected chi connectivity index (χ1v) is 13.4. The summed E-state index contributed by atoms with van der Waals surface area (Å²) in [6, 6.07) is 14.5. The fourth-order valence-corrected chi connectivity index (χ4v) is 4.21. The van der Waals surface area contributed by atoms with Crippen LogP contribution in [0.2, 0.25) is 0 Å². The zero-order valence-corrected chi connectivity index (χ0v) is 22.7. The van der Waals surface area contributed by atoms with Crippen molar-refractivity contribution < 1.29 is 23.9 Å². The molecule has 0 radical (unpaired) electrons. The van der Waals surface area contributed by atoms with E-state index in [1.807, 2.05) is 49.3 Å². The van der Waals surface area contributed by atoms with E-state index in [9.17, 15) is 19.2 Å². The number of ether oxygens (including phenoxy) is 1. The normalized spacial score (nSPS) is 19.2. The molecule has 0 saturated heterocycles. The van der Waals surface area contributed by atoms with Crippen LogP contribution in [0.15, 0.2) is 54.6 Å². The van der Waals surface area contributed by atoms with Crippen LogP contribution in [0.1, 0.15) is 41.6 Å². The second kappa shape index (κ2) is 15.5. The fourth-order valence-electron chi connectivity index (χ4n) is 4.21. The van der Waals surface area contributed by atoms with Gasteiger partial charge in [0.2, 0.25) is 17.7 Å². The Morgan fingerprint density at radius 1 is 1.03 bits per heavy atom. The average Bonchev–Trinajstić information content (AvgIpc) is 2.92. The van der Waals surface area contributed by atoms with Crippen molar-refractivity contribution >= 4 is 23.6 Å². The minimum atomic E-state index is -0.940. The molecule has 1 aliphatic heterocycles. The summed E-state index contributed by atoms with van der Waals surface area (Å²) in [5.74, 6) is -1.10. The second-order valence-corrected chi connectivity index (χ2v) is 9.81. The molecule has 0 fully saturated rings. The molecule has 10 nitrogen and oxygen atoms in total. The molecule has 210 valence electrons. The Labute approximate surface area is 229 Å². The van der Waals surface area contributed by atoms with Gasteiger partial charge in [0, 0.05) is 25.9 Å². The predicted octanol–water partition coefficient (Wildman–Crippen LogP) is 1.26. The van der Waals surface area contributed by atoms with Crippen LogP contribution in [0.4, 0.5) is 0 Å². The summed E-state index contributed by atoms with van der Waals surface area (Å²) in [6.07, 6.45) is 1.60. The molecule has 0 saturated carbocycles. The number of carbonyl (C=O) groups excluding carboxylic acids is 4. The lowest BCUT2D eigenvalue weighted by atomic mass is 10.0. The van der Waals surface area contributed by atoms with Crippen LogP contribution >= 0.6 is 0 Å². The summed E-state index contributed by atoms with van der Waals surface area (Å²) in [4.78, 5) is 54.2. The van der Waals surface area contributed by atoms with Gasteiger partial charge in [-0.15, -0.1) is 0 Å². The minimum absolute atomic E-state index is 0.0488. The number of amides is 4. The Kier molecular flexibility index (Phi) is 11.8. The highest BCUT2D eigenvalue weighted by molar-refractivity contribution is 5.99. The summed E-state index contributed by atoms with van der Waals surface area (Å²) in [6.45, 7) is 1.87. The fraction of sp³-hybridized carbons (Fsp3) is 0.448. The van der Waals surface area contributed by atoms with Crippen molar-refractivity contribution in [1.29, 1.82) is 0 Å². The molecule has 1 heterocycles. The van der Waals surface area contributed by atoms with Crippen molar-refractivity contribution in [2.24, 2.45) is 0 Å². The molecular formula is C29H39N5O5. The third-order valence-corrected chi connectivity index (χ3v) is 6.31. The van der Waals surface area contributed by atoms with E-state index in [2.05, 4.69) is 21.3 Å². The van der Waals surface area contributed by atoms with Crippen molar-refractivity contribution in [2.45, 2.75) is 44.2 Å². The number of nitrogens with zero attached hydrogens (tertiary/aromatic N) is 1. The standard InChI is InChI=1S/C29H39N5O5/c1-34(2)18-8-16-30-28(37)23-14-15-26(35)32-24(20-21-10-4-3-5-11-21)29(38)31-17-9-19-39-25-13-7-6-12-22(25)27(36)33-23/h3-7,10-13,23-24H,8-9,14-20H2,1-2H3,(H,30,37)(H,31,38)(H,32,35)(H,33,36)/t23-,24?/m0/s1. The van der Waals surface area contributed by atoms with Gasteiger partial charge in [-0.05, 0) is 57.6 Å². The van der Waals surface area contributed by atoms with Crippen molar-refractivity contribution in [3.63, 3.8) is 0 Å². The minimum Gasteiger partial charge on any atom is -0.493 e. The lowest BCUT2D eigenvalue weighted by Gasteiger charge is -2.22. The van der Waals surface area contributed by atoms with Gasteiger partial charge in [-0.25, -0.2) is 0 Å². The lowest BCUT2D eigenvalue weighted by Crippen LogP contribution is -2.50. The van der Waals surface area contributed by atoms with Crippen molar-refractivity contribution in [3.05, 3.63) is 65.7 Å². The molecule has 10 heteroatoms. The van der Waals surface area contributed by atoms with Gasteiger partial charge < -0.3 is 30.9 Å². The maximum Gasteiger partial charge on any atom is 0.255 e. The van der Waals surface area contributed by atoms with Gasteiger partial charge in [0.1, 0.15) is 17.8 Å². The molecule has 2 aromatic rings. The molecule has 0 aromatic heterocycles. The Bertz CT molecular complexity index is 1110. The van der Waals surface area contributed by atoms with E-state index in [4.69, 9.17) is 4.74 Å². The van der Waals surface area contributed by atoms with Crippen LogP contribution in [-0.4, -0.2) is 80.9 Å². The first kappa shape index (κ1) is 29.6. The smallest absolute Gasteiger partial charge is 0.255 e. The highest BCUT2D eigenvalue weighted by Crippen LogP contribution is 2.19. The van der Waals surface area contributed by atoms with E-state index in [0.29, 0.717) is 37.2 Å². The van der Waals surface area contributed by atoms with Crippen molar-refractivity contribution in [3.8, 4) is 5.75 Å². The third-order valence-electron chi connectivity index (χ3n) is 6.31. The maximum absolute atomic E-state index is 13.2. The van der Waals surface area contributed by atoms with E-state index in [0.717, 1.165) is 18.5 Å². The number of nitrogens with one attached hydrogen (secondary N) is 4. The zero-order chi connectivity index (χ0) is 28.0. The molecule has 2 atom stereocenters.